The van der Waals surface area contributed by atoms with Gasteiger partial charge in [-0.05, 0) is 63.3 Å². The van der Waals surface area contributed by atoms with Crippen molar-refractivity contribution >= 4 is 5.78 Å². The van der Waals surface area contributed by atoms with Crippen LogP contribution in [0.25, 0.3) is 0 Å². The van der Waals surface area contributed by atoms with Crippen molar-refractivity contribution in [2.75, 3.05) is 0 Å². The lowest BCUT2D eigenvalue weighted by Gasteiger charge is -2.09. The van der Waals surface area contributed by atoms with Crippen molar-refractivity contribution in [2.24, 2.45) is 5.92 Å². The van der Waals surface area contributed by atoms with E-state index in [1.54, 1.807) is 12.1 Å². The van der Waals surface area contributed by atoms with Crippen LogP contribution >= 0.6 is 0 Å². The summed E-state index contributed by atoms with van der Waals surface area (Å²) in [5.74, 6) is 0.348. The minimum absolute atomic E-state index is 0.106. The predicted molar refractivity (Wildman–Crippen MR) is 77.8 cm³/mol. The lowest BCUT2D eigenvalue weighted by molar-refractivity contribution is 0.0974. The van der Waals surface area contributed by atoms with E-state index in [2.05, 4.69) is 26.8 Å². The first kappa shape index (κ1) is 15.6. The van der Waals surface area contributed by atoms with Crippen LogP contribution in [0.15, 0.2) is 35.9 Å². The molecule has 0 saturated heterocycles. The van der Waals surface area contributed by atoms with Crippen molar-refractivity contribution in [3.8, 4) is 0 Å². The molecule has 0 saturated carbocycles. The third-order valence-corrected chi connectivity index (χ3v) is 3.24. The molecule has 0 aliphatic carbocycles. The highest BCUT2D eigenvalue weighted by atomic mass is 19.1. The van der Waals surface area contributed by atoms with Gasteiger partial charge in [0.05, 0.1) is 0 Å². The van der Waals surface area contributed by atoms with Gasteiger partial charge in [0, 0.05) is 12.0 Å². The third kappa shape index (κ3) is 6.32. The SMILES string of the molecule is CC(C)=CCCC(C)CCC(=O)c1ccc(F)cc1. The molecule has 2 heteroatoms. The molecule has 0 N–H and O–H groups in total. The number of Topliss-reactive ketones (excluding diaryl/α,β-unsaturated/α-hetero) is 1. The normalized spacial score (nSPS) is 12.0. The molecule has 104 valence electrons. The number of hydrogen-bond donors (Lipinski definition) is 0. The monoisotopic (exact) mass is 262 g/mol. The first-order valence-corrected chi connectivity index (χ1v) is 6.91. The van der Waals surface area contributed by atoms with E-state index in [4.69, 9.17) is 0 Å². The molecule has 0 bridgehead atoms. The van der Waals surface area contributed by atoms with Crippen molar-refractivity contribution in [3.63, 3.8) is 0 Å². The molecule has 0 radical (unpaired) electrons. The van der Waals surface area contributed by atoms with Crippen LogP contribution in [0.2, 0.25) is 0 Å². The van der Waals surface area contributed by atoms with Gasteiger partial charge in [-0.25, -0.2) is 4.39 Å². The van der Waals surface area contributed by atoms with Gasteiger partial charge in [-0.3, -0.25) is 4.79 Å². The van der Waals surface area contributed by atoms with Crippen molar-refractivity contribution in [1.29, 1.82) is 0 Å². The highest BCUT2D eigenvalue weighted by molar-refractivity contribution is 5.95. The van der Waals surface area contributed by atoms with Crippen molar-refractivity contribution in [2.45, 2.75) is 46.5 Å². The Bertz CT molecular complexity index is 427. The molecule has 0 amide bonds. The highest BCUT2D eigenvalue weighted by Gasteiger charge is 2.08. The fourth-order valence-electron chi connectivity index (χ4n) is 1.96. The molecule has 0 aliphatic heterocycles. The first-order valence-electron chi connectivity index (χ1n) is 6.91. The summed E-state index contributed by atoms with van der Waals surface area (Å²) in [5, 5.41) is 0. The molecule has 0 aliphatic rings. The van der Waals surface area contributed by atoms with E-state index in [0.717, 1.165) is 19.3 Å². The smallest absolute Gasteiger partial charge is 0.162 e. The molecule has 1 aromatic carbocycles. The zero-order valence-electron chi connectivity index (χ0n) is 12.1. The Morgan fingerprint density at radius 1 is 1.21 bits per heavy atom. The molecule has 0 heterocycles. The molecule has 1 unspecified atom stereocenters. The average Bonchev–Trinajstić information content (AvgIpc) is 2.36. The molecule has 1 rings (SSSR count). The minimum atomic E-state index is -0.299. The summed E-state index contributed by atoms with van der Waals surface area (Å²) >= 11 is 0. The van der Waals surface area contributed by atoms with Crippen LogP contribution in [0.3, 0.4) is 0 Å². The van der Waals surface area contributed by atoms with Crippen molar-refractivity contribution in [1.82, 2.24) is 0 Å². The number of halogens is 1. The van der Waals surface area contributed by atoms with Crippen LogP contribution in [-0.4, -0.2) is 5.78 Å². The molecule has 0 spiro atoms. The van der Waals surface area contributed by atoms with Crippen LogP contribution in [0.5, 0.6) is 0 Å². The zero-order valence-corrected chi connectivity index (χ0v) is 12.1. The first-order chi connectivity index (χ1) is 8.99. The number of hydrogen-bond acceptors (Lipinski definition) is 1. The fraction of sp³-hybridized carbons (Fsp3) is 0.471. The van der Waals surface area contributed by atoms with E-state index in [9.17, 15) is 9.18 Å². The van der Waals surface area contributed by atoms with Crippen LogP contribution < -0.4 is 0 Å². The second-order valence-corrected chi connectivity index (χ2v) is 5.43. The minimum Gasteiger partial charge on any atom is -0.294 e. The van der Waals surface area contributed by atoms with Gasteiger partial charge in [-0.1, -0.05) is 18.6 Å². The van der Waals surface area contributed by atoms with Gasteiger partial charge in [0.25, 0.3) is 0 Å². The molecular weight excluding hydrogens is 239 g/mol. The Labute approximate surface area is 115 Å². The van der Waals surface area contributed by atoms with E-state index in [1.165, 1.54) is 17.7 Å². The van der Waals surface area contributed by atoms with Gasteiger partial charge in [-0.15, -0.1) is 0 Å². The second kappa shape index (κ2) is 7.88. The summed E-state index contributed by atoms with van der Waals surface area (Å²) in [4.78, 5) is 11.9. The summed E-state index contributed by atoms with van der Waals surface area (Å²) < 4.78 is 12.8. The molecule has 1 aromatic rings. The van der Waals surface area contributed by atoms with Crippen molar-refractivity contribution < 1.29 is 9.18 Å². The summed E-state index contributed by atoms with van der Waals surface area (Å²) in [5.41, 5.74) is 1.95. The van der Waals surface area contributed by atoms with E-state index >= 15 is 0 Å². The van der Waals surface area contributed by atoms with Crippen LogP contribution in [-0.2, 0) is 0 Å². The Morgan fingerprint density at radius 3 is 2.42 bits per heavy atom. The maximum absolute atomic E-state index is 12.8. The number of carbonyl (C=O) groups is 1. The largest absolute Gasteiger partial charge is 0.294 e. The van der Waals surface area contributed by atoms with E-state index in [1.807, 2.05) is 0 Å². The van der Waals surface area contributed by atoms with E-state index in [-0.39, 0.29) is 11.6 Å². The summed E-state index contributed by atoms with van der Waals surface area (Å²) in [6, 6.07) is 5.80. The summed E-state index contributed by atoms with van der Waals surface area (Å²) in [6.07, 6.45) is 5.86. The number of rotatable bonds is 7. The Kier molecular flexibility index (Phi) is 6.48. The number of carbonyl (C=O) groups excluding carboxylic acids is 1. The van der Waals surface area contributed by atoms with E-state index < -0.39 is 0 Å². The summed E-state index contributed by atoms with van der Waals surface area (Å²) in [6.45, 7) is 6.38. The van der Waals surface area contributed by atoms with Crippen LogP contribution in [0.1, 0.15) is 56.8 Å². The third-order valence-electron chi connectivity index (χ3n) is 3.24. The average molecular weight is 262 g/mol. The lowest BCUT2D eigenvalue weighted by atomic mass is 9.96. The second-order valence-electron chi connectivity index (χ2n) is 5.43. The Hall–Kier alpha value is -1.44. The standard InChI is InChI=1S/C17H23FO/c1-13(2)5-4-6-14(3)7-12-17(19)15-8-10-16(18)11-9-15/h5,8-11,14H,4,6-7,12H2,1-3H3. The summed E-state index contributed by atoms with van der Waals surface area (Å²) in [7, 11) is 0. The number of benzene rings is 1. The predicted octanol–water partition coefficient (Wildman–Crippen LogP) is 5.17. The zero-order chi connectivity index (χ0) is 14.3. The van der Waals surface area contributed by atoms with E-state index in [0.29, 0.717) is 17.9 Å². The van der Waals surface area contributed by atoms with Gasteiger partial charge in [-0.2, -0.15) is 0 Å². The lowest BCUT2D eigenvalue weighted by Crippen LogP contribution is -2.03. The van der Waals surface area contributed by atoms with Gasteiger partial charge in [0.2, 0.25) is 0 Å². The molecule has 1 atom stereocenters. The maximum atomic E-state index is 12.8. The number of allylic oxidation sites excluding steroid dienone is 2. The Balaban J connectivity index is 2.33. The molecule has 0 fully saturated rings. The van der Waals surface area contributed by atoms with Crippen molar-refractivity contribution in [3.05, 3.63) is 47.3 Å². The quantitative estimate of drug-likeness (QED) is 0.489. The van der Waals surface area contributed by atoms with Crippen LogP contribution in [0, 0.1) is 11.7 Å². The highest BCUT2D eigenvalue weighted by Crippen LogP contribution is 2.16. The molecule has 1 nitrogen and oxygen atoms in total. The van der Waals surface area contributed by atoms with Crippen LogP contribution in [0.4, 0.5) is 4.39 Å². The molecule has 0 aromatic heterocycles. The van der Waals surface area contributed by atoms with Gasteiger partial charge in [0.1, 0.15) is 5.82 Å². The molecular formula is C17H23FO. The topological polar surface area (TPSA) is 17.1 Å². The van der Waals surface area contributed by atoms with Gasteiger partial charge >= 0.3 is 0 Å². The van der Waals surface area contributed by atoms with Gasteiger partial charge in [0.15, 0.2) is 5.78 Å². The molecule has 19 heavy (non-hydrogen) atoms. The van der Waals surface area contributed by atoms with Gasteiger partial charge < -0.3 is 0 Å². The number of ketones is 1. The maximum Gasteiger partial charge on any atom is 0.162 e. The fourth-order valence-corrected chi connectivity index (χ4v) is 1.96. The Morgan fingerprint density at radius 2 is 1.84 bits per heavy atom.